The Bertz CT molecular complexity index is 538. The van der Waals surface area contributed by atoms with Gasteiger partial charge in [0.05, 0.1) is 19.3 Å². The summed E-state index contributed by atoms with van der Waals surface area (Å²) in [6, 6.07) is 2.96. The van der Waals surface area contributed by atoms with E-state index in [1.165, 1.54) is 0 Å². The third-order valence-electron chi connectivity index (χ3n) is 3.84. The van der Waals surface area contributed by atoms with Gasteiger partial charge in [0, 0.05) is 0 Å². The van der Waals surface area contributed by atoms with Crippen molar-refractivity contribution < 1.29 is 24.1 Å². The van der Waals surface area contributed by atoms with Crippen molar-refractivity contribution in [2.45, 2.75) is 13.0 Å². The van der Waals surface area contributed by atoms with E-state index in [9.17, 15) is 9.90 Å². The molecular weight excluding hydrogens is 250 g/mol. The smallest absolute Gasteiger partial charge is 0.316 e. The van der Waals surface area contributed by atoms with Crippen LogP contribution in [0, 0.1) is 12.3 Å². The monoisotopic (exact) mass is 265 g/mol. The lowest BCUT2D eigenvalue weighted by atomic mass is 9.74. The second-order valence-electron chi connectivity index (χ2n) is 4.99. The molecule has 0 aromatic heterocycles. The number of carboxylic acid groups (broad SMARTS) is 1. The van der Waals surface area contributed by atoms with Gasteiger partial charge >= 0.3 is 5.97 Å². The Morgan fingerprint density at radius 3 is 2.53 bits per heavy atom. The quantitative estimate of drug-likeness (QED) is 0.841. The van der Waals surface area contributed by atoms with Crippen molar-refractivity contribution in [2.75, 3.05) is 20.0 Å². The van der Waals surface area contributed by atoms with Crippen LogP contribution in [0.4, 0.5) is 0 Å². The molecule has 0 radical (unpaired) electrons. The van der Waals surface area contributed by atoms with Gasteiger partial charge < -0.3 is 25.1 Å². The van der Waals surface area contributed by atoms with Crippen molar-refractivity contribution in [3.8, 4) is 11.5 Å². The maximum atomic E-state index is 11.4. The third-order valence-corrected chi connectivity index (χ3v) is 3.84. The number of ether oxygens (including phenoxy) is 3. The molecule has 0 aliphatic carbocycles. The van der Waals surface area contributed by atoms with Gasteiger partial charge in [-0.25, -0.2) is 0 Å². The molecule has 3 rings (SSSR count). The van der Waals surface area contributed by atoms with Crippen LogP contribution in [-0.4, -0.2) is 31.1 Å². The third kappa shape index (κ3) is 1.67. The summed E-state index contributed by atoms with van der Waals surface area (Å²) in [6.45, 7) is 2.33. The number of hydrogen-bond donors (Lipinski definition) is 2. The first-order valence-electron chi connectivity index (χ1n) is 6.01. The minimum absolute atomic E-state index is 0.136. The van der Waals surface area contributed by atoms with Gasteiger partial charge in [0.25, 0.3) is 0 Å². The van der Waals surface area contributed by atoms with Crippen LogP contribution < -0.4 is 15.2 Å². The molecule has 1 saturated heterocycles. The average Bonchev–Trinajstić information content (AvgIpc) is 2.72. The number of aryl methyl sites for hydroxylation is 1. The Hall–Kier alpha value is -1.79. The van der Waals surface area contributed by atoms with Crippen LogP contribution >= 0.6 is 0 Å². The van der Waals surface area contributed by atoms with E-state index in [2.05, 4.69) is 0 Å². The van der Waals surface area contributed by atoms with E-state index in [1.54, 1.807) is 6.07 Å². The first-order valence-corrected chi connectivity index (χ1v) is 6.01. The van der Waals surface area contributed by atoms with Crippen molar-refractivity contribution in [1.82, 2.24) is 0 Å². The molecule has 0 amide bonds. The molecule has 0 bridgehead atoms. The molecule has 0 spiro atoms. The highest BCUT2D eigenvalue weighted by atomic mass is 16.7. The number of nitrogens with two attached hydrogens (primary N) is 1. The molecule has 1 atom stereocenters. The average molecular weight is 265 g/mol. The molecule has 6 nitrogen and oxygen atoms in total. The Balaban J connectivity index is 2.00. The van der Waals surface area contributed by atoms with Gasteiger partial charge in [-0.05, 0) is 30.2 Å². The highest BCUT2D eigenvalue weighted by Crippen LogP contribution is 2.43. The van der Waals surface area contributed by atoms with Gasteiger partial charge in [0.2, 0.25) is 6.79 Å². The summed E-state index contributed by atoms with van der Waals surface area (Å²) in [4.78, 5) is 11.4. The molecule has 3 N–H and O–H groups in total. The number of hydrogen-bond acceptors (Lipinski definition) is 5. The molecule has 2 heterocycles. The predicted molar refractivity (Wildman–Crippen MR) is 65.1 cm³/mol. The molecule has 6 heteroatoms. The molecule has 1 aromatic rings. The highest BCUT2D eigenvalue weighted by Gasteiger charge is 2.52. The molecule has 2 aliphatic rings. The van der Waals surface area contributed by atoms with E-state index >= 15 is 0 Å². The largest absolute Gasteiger partial charge is 0.481 e. The van der Waals surface area contributed by atoms with E-state index in [4.69, 9.17) is 19.9 Å². The fourth-order valence-corrected chi connectivity index (χ4v) is 2.45. The van der Waals surface area contributed by atoms with Gasteiger partial charge in [-0.2, -0.15) is 0 Å². The lowest BCUT2D eigenvalue weighted by Gasteiger charge is -2.42. The zero-order valence-electron chi connectivity index (χ0n) is 10.5. The van der Waals surface area contributed by atoms with Crippen LogP contribution in [-0.2, 0) is 9.53 Å². The first kappa shape index (κ1) is 12.3. The van der Waals surface area contributed by atoms with Crippen LogP contribution in [0.1, 0.15) is 17.2 Å². The SMILES string of the molecule is Cc1cc2c(cc1C(N)C1(C(=O)O)COC1)OCO2. The first-order chi connectivity index (χ1) is 9.04. The van der Waals surface area contributed by atoms with Crippen molar-refractivity contribution in [3.63, 3.8) is 0 Å². The molecular formula is C13H15NO5. The Kier molecular flexibility index (Phi) is 2.65. The number of aliphatic carboxylic acids is 1. The highest BCUT2D eigenvalue weighted by molar-refractivity contribution is 5.77. The minimum Gasteiger partial charge on any atom is -0.481 e. The van der Waals surface area contributed by atoms with Gasteiger partial charge in [0.15, 0.2) is 11.5 Å². The fraction of sp³-hybridized carbons (Fsp3) is 0.462. The summed E-state index contributed by atoms with van der Waals surface area (Å²) in [5, 5.41) is 9.38. The summed E-state index contributed by atoms with van der Waals surface area (Å²) in [6.07, 6.45) is 0. The van der Waals surface area contributed by atoms with Crippen LogP contribution in [0.15, 0.2) is 12.1 Å². The minimum atomic E-state index is -1.04. The summed E-state index contributed by atoms with van der Waals surface area (Å²) >= 11 is 0. The summed E-state index contributed by atoms with van der Waals surface area (Å²) in [5.41, 5.74) is 6.78. The standard InChI is InChI=1S/C13H15NO5/c1-7-2-9-10(19-6-18-9)3-8(7)11(14)13(12(15)16)4-17-5-13/h2-3,11H,4-6,14H2,1H3,(H,15,16). The van der Waals surface area contributed by atoms with Gasteiger partial charge in [-0.3, -0.25) is 4.79 Å². The van der Waals surface area contributed by atoms with E-state index in [1.807, 2.05) is 13.0 Å². The predicted octanol–water partition coefficient (Wildman–Crippen LogP) is 0.825. The molecule has 19 heavy (non-hydrogen) atoms. The molecule has 102 valence electrons. The number of fused-ring (bicyclic) bond motifs is 1. The summed E-state index contributed by atoms with van der Waals surface area (Å²) in [5.74, 6) is 0.350. The van der Waals surface area contributed by atoms with E-state index in [0.717, 1.165) is 11.1 Å². The maximum Gasteiger partial charge on any atom is 0.316 e. The van der Waals surface area contributed by atoms with Gasteiger partial charge in [0.1, 0.15) is 5.41 Å². The summed E-state index contributed by atoms with van der Waals surface area (Å²) < 4.78 is 15.7. The van der Waals surface area contributed by atoms with Crippen LogP contribution in [0.25, 0.3) is 0 Å². The number of rotatable bonds is 3. The van der Waals surface area contributed by atoms with Crippen molar-refractivity contribution >= 4 is 5.97 Å². The zero-order valence-corrected chi connectivity index (χ0v) is 10.5. The van der Waals surface area contributed by atoms with Crippen molar-refractivity contribution in [1.29, 1.82) is 0 Å². The lowest BCUT2D eigenvalue weighted by Crippen LogP contribution is -2.55. The number of benzene rings is 1. The fourth-order valence-electron chi connectivity index (χ4n) is 2.45. The second-order valence-corrected chi connectivity index (χ2v) is 4.99. The van der Waals surface area contributed by atoms with Gasteiger partial charge in [-0.15, -0.1) is 0 Å². The topological polar surface area (TPSA) is 91.0 Å². The molecule has 0 saturated carbocycles. The Morgan fingerprint density at radius 1 is 1.37 bits per heavy atom. The van der Waals surface area contributed by atoms with Crippen LogP contribution in [0.2, 0.25) is 0 Å². The van der Waals surface area contributed by atoms with E-state index in [0.29, 0.717) is 11.5 Å². The molecule has 1 aromatic carbocycles. The molecule has 1 unspecified atom stereocenters. The van der Waals surface area contributed by atoms with E-state index in [-0.39, 0.29) is 20.0 Å². The Labute approximate surface area is 110 Å². The van der Waals surface area contributed by atoms with Crippen LogP contribution in [0.5, 0.6) is 11.5 Å². The maximum absolute atomic E-state index is 11.4. The summed E-state index contributed by atoms with van der Waals surface area (Å²) in [7, 11) is 0. The lowest BCUT2D eigenvalue weighted by molar-refractivity contribution is -0.184. The van der Waals surface area contributed by atoms with E-state index < -0.39 is 17.4 Å². The van der Waals surface area contributed by atoms with Crippen molar-refractivity contribution in [3.05, 3.63) is 23.3 Å². The van der Waals surface area contributed by atoms with Gasteiger partial charge in [-0.1, -0.05) is 0 Å². The zero-order chi connectivity index (χ0) is 13.6. The second kappa shape index (κ2) is 4.11. The Morgan fingerprint density at radius 2 is 2.00 bits per heavy atom. The number of carboxylic acids is 1. The normalized spacial score (nSPS) is 20.7. The number of carbonyl (C=O) groups is 1. The molecule has 1 fully saturated rings. The molecule has 2 aliphatic heterocycles. The van der Waals surface area contributed by atoms with Crippen LogP contribution in [0.3, 0.4) is 0 Å². The van der Waals surface area contributed by atoms with Crippen molar-refractivity contribution in [2.24, 2.45) is 11.1 Å².